The van der Waals surface area contributed by atoms with Crippen LogP contribution < -0.4 is 10.6 Å². The van der Waals surface area contributed by atoms with Gasteiger partial charge in [0.15, 0.2) is 5.84 Å². The first-order valence-corrected chi connectivity index (χ1v) is 7.35. The van der Waals surface area contributed by atoms with Gasteiger partial charge in [-0.2, -0.15) is 0 Å². The van der Waals surface area contributed by atoms with Crippen molar-refractivity contribution in [2.45, 2.75) is 25.3 Å². The minimum Gasteiger partial charge on any atom is -0.409 e. The van der Waals surface area contributed by atoms with Crippen LogP contribution in [0.4, 0.5) is 5.69 Å². The van der Waals surface area contributed by atoms with Crippen LogP contribution in [0, 0.1) is 0 Å². The van der Waals surface area contributed by atoms with Crippen molar-refractivity contribution in [3.8, 4) is 0 Å². The SMILES string of the molecule is N/C(=N/O)c1ccc(N2CCN3CCCCC3C2)cc1. The Bertz CT molecular complexity index is 485. The Kier molecular flexibility index (Phi) is 3.78. The van der Waals surface area contributed by atoms with Gasteiger partial charge in [-0.15, -0.1) is 0 Å². The van der Waals surface area contributed by atoms with Gasteiger partial charge >= 0.3 is 0 Å². The highest BCUT2D eigenvalue weighted by Gasteiger charge is 2.28. The van der Waals surface area contributed by atoms with Crippen LogP contribution in [0.25, 0.3) is 0 Å². The second-order valence-electron chi connectivity index (χ2n) is 5.66. The van der Waals surface area contributed by atoms with E-state index in [0.717, 1.165) is 25.2 Å². The Morgan fingerprint density at radius 1 is 1.15 bits per heavy atom. The lowest BCUT2D eigenvalue weighted by atomic mass is 9.99. The van der Waals surface area contributed by atoms with Gasteiger partial charge < -0.3 is 15.8 Å². The molecule has 20 heavy (non-hydrogen) atoms. The topological polar surface area (TPSA) is 65.1 Å². The number of benzene rings is 1. The van der Waals surface area contributed by atoms with Crippen molar-refractivity contribution >= 4 is 11.5 Å². The average Bonchev–Trinajstić information content (AvgIpc) is 2.54. The van der Waals surface area contributed by atoms with Crippen molar-refractivity contribution < 1.29 is 5.21 Å². The van der Waals surface area contributed by atoms with Crippen LogP contribution >= 0.6 is 0 Å². The highest BCUT2D eigenvalue weighted by atomic mass is 16.4. The molecule has 1 atom stereocenters. The van der Waals surface area contributed by atoms with E-state index in [2.05, 4.69) is 27.1 Å². The minimum atomic E-state index is 0.161. The molecule has 5 nitrogen and oxygen atoms in total. The van der Waals surface area contributed by atoms with Crippen LogP contribution in [-0.4, -0.2) is 48.2 Å². The van der Waals surface area contributed by atoms with E-state index in [-0.39, 0.29) is 5.84 Å². The van der Waals surface area contributed by atoms with Gasteiger partial charge in [0.05, 0.1) is 0 Å². The van der Waals surface area contributed by atoms with Crippen molar-refractivity contribution in [2.75, 3.05) is 31.1 Å². The van der Waals surface area contributed by atoms with E-state index in [9.17, 15) is 0 Å². The zero-order valence-electron chi connectivity index (χ0n) is 11.7. The van der Waals surface area contributed by atoms with Crippen LogP contribution in [0.1, 0.15) is 24.8 Å². The smallest absolute Gasteiger partial charge is 0.170 e. The Morgan fingerprint density at radius 2 is 1.95 bits per heavy atom. The molecule has 2 saturated heterocycles. The second-order valence-corrected chi connectivity index (χ2v) is 5.66. The Morgan fingerprint density at radius 3 is 2.70 bits per heavy atom. The number of fused-ring (bicyclic) bond motifs is 1. The molecule has 0 amide bonds. The third-order valence-electron chi connectivity index (χ3n) is 4.47. The zero-order valence-corrected chi connectivity index (χ0v) is 11.7. The summed E-state index contributed by atoms with van der Waals surface area (Å²) in [7, 11) is 0. The fourth-order valence-electron chi connectivity index (χ4n) is 3.29. The summed E-state index contributed by atoms with van der Waals surface area (Å²) in [5.74, 6) is 0.161. The first-order chi connectivity index (χ1) is 9.78. The maximum Gasteiger partial charge on any atom is 0.170 e. The number of nitrogens with zero attached hydrogens (tertiary/aromatic N) is 3. The van der Waals surface area contributed by atoms with Crippen LogP contribution in [0.15, 0.2) is 29.4 Å². The van der Waals surface area contributed by atoms with E-state index in [1.54, 1.807) is 0 Å². The molecule has 1 aromatic rings. The molecular formula is C15H22N4O. The molecule has 0 spiro atoms. The van der Waals surface area contributed by atoms with E-state index < -0.39 is 0 Å². The quantitative estimate of drug-likeness (QED) is 0.371. The minimum absolute atomic E-state index is 0.161. The van der Waals surface area contributed by atoms with Crippen molar-refractivity contribution in [1.29, 1.82) is 0 Å². The summed E-state index contributed by atoms with van der Waals surface area (Å²) in [5.41, 5.74) is 7.57. The largest absolute Gasteiger partial charge is 0.409 e. The Hall–Kier alpha value is -1.75. The van der Waals surface area contributed by atoms with Crippen molar-refractivity contribution in [3.63, 3.8) is 0 Å². The summed E-state index contributed by atoms with van der Waals surface area (Å²) in [4.78, 5) is 5.08. The molecular weight excluding hydrogens is 252 g/mol. The Labute approximate surface area is 119 Å². The Balaban J connectivity index is 1.70. The summed E-state index contributed by atoms with van der Waals surface area (Å²) < 4.78 is 0. The molecule has 5 heteroatoms. The maximum absolute atomic E-state index is 8.68. The number of anilines is 1. The first kappa shape index (κ1) is 13.2. The monoisotopic (exact) mass is 274 g/mol. The van der Waals surface area contributed by atoms with E-state index in [1.807, 2.05) is 12.1 Å². The third kappa shape index (κ3) is 2.58. The van der Waals surface area contributed by atoms with Crippen LogP contribution in [0.2, 0.25) is 0 Å². The number of piperazine rings is 1. The fourth-order valence-corrected chi connectivity index (χ4v) is 3.29. The molecule has 2 fully saturated rings. The van der Waals surface area contributed by atoms with E-state index in [4.69, 9.17) is 10.9 Å². The van der Waals surface area contributed by atoms with Gasteiger partial charge in [-0.25, -0.2) is 0 Å². The van der Waals surface area contributed by atoms with Gasteiger partial charge in [-0.3, -0.25) is 4.90 Å². The molecule has 1 unspecified atom stereocenters. The zero-order chi connectivity index (χ0) is 13.9. The van der Waals surface area contributed by atoms with Crippen molar-refractivity contribution in [2.24, 2.45) is 10.9 Å². The van der Waals surface area contributed by atoms with E-state index in [1.165, 1.54) is 31.5 Å². The van der Waals surface area contributed by atoms with Crippen molar-refractivity contribution in [3.05, 3.63) is 29.8 Å². The van der Waals surface area contributed by atoms with Gasteiger partial charge in [0, 0.05) is 36.9 Å². The molecule has 3 rings (SSSR count). The van der Waals surface area contributed by atoms with Gasteiger partial charge in [-0.05, 0) is 43.7 Å². The summed E-state index contributed by atoms with van der Waals surface area (Å²) in [6.07, 6.45) is 4.03. The fraction of sp³-hybridized carbons (Fsp3) is 0.533. The average molecular weight is 274 g/mol. The van der Waals surface area contributed by atoms with Gasteiger partial charge in [0.1, 0.15) is 0 Å². The second kappa shape index (κ2) is 5.71. The molecule has 2 heterocycles. The number of rotatable bonds is 2. The van der Waals surface area contributed by atoms with Crippen LogP contribution in [0.5, 0.6) is 0 Å². The molecule has 1 aromatic carbocycles. The van der Waals surface area contributed by atoms with Crippen molar-refractivity contribution in [1.82, 2.24) is 4.90 Å². The third-order valence-corrected chi connectivity index (χ3v) is 4.47. The van der Waals surface area contributed by atoms with Gasteiger partial charge in [-0.1, -0.05) is 11.6 Å². The standard InChI is InChI=1S/C15H22N4O/c16-15(17-20)12-4-6-13(7-5-12)19-10-9-18-8-2-1-3-14(18)11-19/h4-7,14,20H,1-3,8-11H2,(H2,16,17). The maximum atomic E-state index is 8.68. The lowest BCUT2D eigenvalue weighted by Crippen LogP contribution is -2.54. The summed E-state index contributed by atoms with van der Waals surface area (Å²) in [5, 5.41) is 11.7. The number of nitrogens with two attached hydrogens (primary N) is 1. The normalized spacial score (nSPS) is 24.5. The molecule has 0 radical (unpaired) electrons. The number of amidine groups is 1. The van der Waals surface area contributed by atoms with Crippen LogP contribution in [-0.2, 0) is 0 Å². The first-order valence-electron chi connectivity index (χ1n) is 7.35. The molecule has 0 aromatic heterocycles. The molecule has 0 aliphatic carbocycles. The van der Waals surface area contributed by atoms with Gasteiger partial charge in [0.2, 0.25) is 0 Å². The summed E-state index contributed by atoms with van der Waals surface area (Å²) >= 11 is 0. The predicted molar refractivity (Wildman–Crippen MR) is 80.4 cm³/mol. The highest BCUT2D eigenvalue weighted by Crippen LogP contribution is 2.25. The van der Waals surface area contributed by atoms with Crippen LogP contribution in [0.3, 0.4) is 0 Å². The molecule has 0 saturated carbocycles. The van der Waals surface area contributed by atoms with E-state index >= 15 is 0 Å². The number of piperidine rings is 1. The number of hydrogen-bond acceptors (Lipinski definition) is 4. The predicted octanol–water partition coefficient (Wildman–Crippen LogP) is 1.46. The molecule has 3 N–H and O–H groups in total. The molecule has 2 aliphatic rings. The molecule has 0 bridgehead atoms. The summed E-state index contributed by atoms with van der Waals surface area (Å²) in [6.45, 7) is 4.62. The lowest BCUT2D eigenvalue weighted by Gasteiger charge is -2.45. The number of oxime groups is 1. The molecule has 2 aliphatic heterocycles. The number of hydrogen-bond donors (Lipinski definition) is 2. The lowest BCUT2D eigenvalue weighted by molar-refractivity contribution is 0.133. The van der Waals surface area contributed by atoms with E-state index in [0.29, 0.717) is 6.04 Å². The highest BCUT2D eigenvalue weighted by molar-refractivity contribution is 5.97. The summed E-state index contributed by atoms with van der Waals surface area (Å²) in [6, 6.07) is 8.66. The van der Waals surface area contributed by atoms with Gasteiger partial charge in [0.25, 0.3) is 0 Å². The molecule has 108 valence electrons.